The number of rotatable bonds is 6. The zero-order chi connectivity index (χ0) is 15.2. The molecule has 6 nitrogen and oxygen atoms in total. The van der Waals surface area contributed by atoms with Crippen LogP contribution in [0.2, 0.25) is 0 Å². The zero-order valence-electron chi connectivity index (χ0n) is 12.6. The van der Waals surface area contributed by atoms with Crippen LogP contribution in [0.25, 0.3) is 0 Å². The first-order chi connectivity index (χ1) is 10.1. The molecular weight excluding hydrogens is 272 g/mol. The number of nitrogens with zero attached hydrogens (tertiary/aromatic N) is 2. The highest BCUT2D eigenvalue weighted by atomic mass is 16.5. The molecule has 1 atom stereocenters. The van der Waals surface area contributed by atoms with E-state index in [2.05, 4.69) is 4.74 Å². The van der Waals surface area contributed by atoms with Gasteiger partial charge < -0.3 is 18.9 Å². The van der Waals surface area contributed by atoms with Gasteiger partial charge in [-0.1, -0.05) is 0 Å². The Labute approximate surface area is 124 Å². The summed E-state index contributed by atoms with van der Waals surface area (Å²) in [6.45, 7) is 1.60. The van der Waals surface area contributed by atoms with Crippen molar-refractivity contribution in [1.29, 1.82) is 0 Å². The van der Waals surface area contributed by atoms with Gasteiger partial charge >= 0.3 is 5.97 Å². The maximum atomic E-state index is 12.6. The van der Waals surface area contributed by atoms with Crippen molar-refractivity contribution in [2.24, 2.45) is 7.05 Å². The minimum absolute atomic E-state index is 0.0619. The summed E-state index contributed by atoms with van der Waals surface area (Å²) in [6.07, 6.45) is 4.06. The topological polar surface area (TPSA) is 60.8 Å². The highest BCUT2D eigenvalue weighted by Crippen LogP contribution is 2.15. The summed E-state index contributed by atoms with van der Waals surface area (Å²) < 4.78 is 12.0. The summed E-state index contributed by atoms with van der Waals surface area (Å²) in [5, 5.41) is 0. The molecule has 1 aromatic rings. The molecule has 0 aliphatic carbocycles. The van der Waals surface area contributed by atoms with E-state index in [1.165, 1.54) is 7.11 Å². The quantitative estimate of drug-likeness (QED) is 0.740. The van der Waals surface area contributed by atoms with Gasteiger partial charge in [0.2, 0.25) is 0 Å². The summed E-state index contributed by atoms with van der Waals surface area (Å²) in [5.41, 5.74) is 0.609. The normalized spacial score (nSPS) is 17.7. The molecule has 1 saturated heterocycles. The Bertz CT molecular complexity index is 492. The van der Waals surface area contributed by atoms with Gasteiger partial charge in [-0.05, 0) is 25.0 Å². The fourth-order valence-electron chi connectivity index (χ4n) is 2.48. The molecular formula is C15H22N2O4. The Morgan fingerprint density at radius 2 is 2.33 bits per heavy atom. The van der Waals surface area contributed by atoms with E-state index in [9.17, 15) is 9.59 Å². The average Bonchev–Trinajstić information content (AvgIpc) is 3.13. The smallest absolute Gasteiger partial charge is 0.307 e. The van der Waals surface area contributed by atoms with Crippen molar-refractivity contribution in [2.75, 3.05) is 26.8 Å². The number of carbonyl (C=O) groups excluding carboxylic acids is 2. The van der Waals surface area contributed by atoms with Gasteiger partial charge in [-0.25, -0.2) is 0 Å². The van der Waals surface area contributed by atoms with E-state index in [0.29, 0.717) is 18.8 Å². The first-order valence-corrected chi connectivity index (χ1v) is 7.21. The van der Waals surface area contributed by atoms with Crippen LogP contribution in [0.5, 0.6) is 0 Å². The lowest BCUT2D eigenvalue weighted by Crippen LogP contribution is -2.39. The largest absolute Gasteiger partial charge is 0.469 e. The van der Waals surface area contributed by atoms with Gasteiger partial charge in [0.25, 0.3) is 5.91 Å². The van der Waals surface area contributed by atoms with Crippen molar-refractivity contribution in [1.82, 2.24) is 9.47 Å². The summed E-state index contributed by atoms with van der Waals surface area (Å²) in [5.74, 6) is -0.395. The molecule has 0 saturated carbocycles. The van der Waals surface area contributed by atoms with E-state index in [0.717, 1.165) is 19.4 Å². The van der Waals surface area contributed by atoms with Crippen molar-refractivity contribution in [3.05, 3.63) is 24.0 Å². The van der Waals surface area contributed by atoms with Gasteiger partial charge in [-0.2, -0.15) is 0 Å². The summed E-state index contributed by atoms with van der Waals surface area (Å²) >= 11 is 0. The minimum atomic E-state index is -0.313. The van der Waals surface area contributed by atoms with Crippen LogP contribution in [0.1, 0.15) is 29.8 Å². The molecule has 21 heavy (non-hydrogen) atoms. The van der Waals surface area contributed by atoms with Crippen molar-refractivity contribution < 1.29 is 19.1 Å². The molecule has 1 fully saturated rings. The van der Waals surface area contributed by atoms with E-state index < -0.39 is 0 Å². The Morgan fingerprint density at radius 1 is 1.52 bits per heavy atom. The molecule has 0 bridgehead atoms. The Balaban J connectivity index is 2.04. The average molecular weight is 294 g/mol. The lowest BCUT2D eigenvalue weighted by atomic mass is 10.2. The van der Waals surface area contributed by atoms with Crippen molar-refractivity contribution in [2.45, 2.75) is 25.4 Å². The molecule has 0 spiro atoms. The molecule has 0 N–H and O–H groups in total. The minimum Gasteiger partial charge on any atom is -0.469 e. The summed E-state index contributed by atoms with van der Waals surface area (Å²) in [4.78, 5) is 25.6. The zero-order valence-corrected chi connectivity index (χ0v) is 12.6. The Hall–Kier alpha value is -1.82. The molecule has 0 aromatic carbocycles. The molecule has 116 valence electrons. The van der Waals surface area contributed by atoms with Crippen LogP contribution in [-0.4, -0.2) is 54.3 Å². The number of ether oxygens (including phenoxy) is 2. The van der Waals surface area contributed by atoms with E-state index in [4.69, 9.17) is 4.74 Å². The van der Waals surface area contributed by atoms with Crippen LogP contribution >= 0.6 is 0 Å². The van der Waals surface area contributed by atoms with Gasteiger partial charge in [-0.15, -0.1) is 0 Å². The number of amides is 1. The van der Waals surface area contributed by atoms with E-state index in [-0.39, 0.29) is 24.4 Å². The second-order valence-corrected chi connectivity index (χ2v) is 5.22. The van der Waals surface area contributed by atoms with Gasteiger partial charge in [0.15, 0.2) is 0 Å². The second-order valence-electron chi connectivity index (χ2n) is 5.22. The molecule has 2 heterocycles. The maximum absolute atomic E-state index is 12.6. The van der Waals surface area contributed by atoms with Crippen LogP contribution in [-0.2, 0) is 21.3 Å². The number of esters is 1. The highest BCUT2D eigenvalue weighted by molar-refractivity contribution is 5.93. The molecule has 1 unspecified atom stereocenters. The Kier molecular flexibility index (Phi) is 5.38. The molecule has 1 amide bonds. The SMILES string of the molecule is COC(=O)CCN(CC1CCCO1)C(=O)c1cccn1C. The van der Waals surface area contributed by atoms with Gasteiger partial charge in [0.05, 0.1) is 19.6 Å². The van der Waals surface area contributed by atoms with Crippen LogP contribution in [0, 0.1) is 0 Å². The van der Waals surface area contributed by atoms with E-state index in [1.807, 2.05) is 19.3 Å². The molecule has 1 aliphatic heterocycles. The lowest BCUT2D eigenvalue weighted by Gasteiger charge is -2.25. The molecule has 2 rings (SSSR count). The number of carbonyl (C=O) groups is 2. The molecule has 6 heteroatoms. The van der Waals surface area contributed by atoms with Crippen LogP contribution < -0.4 is 0 Å². The summed E-state index contributed by atoms with van der Waals surface area (Å²) in [7, 11) is 3.18. The molecule has 1 aromatic heterocycles. The predicted molar refractivity (Wildman–Crippen MR) is 76.9 cm³/mol. The maximum Gasteiger partial charge on any atom is 0.307 e. The van der Waals surface area contributed by atoms with Gasteiger partial charge in [0.1, 0.15) is 5.69 Å². The number of aromatic nitrogens is 1. The third-order valence-electron chi connectivity index (χ3n) is 3.71. The third-order valence-corrected chi connectivity index (χ3v) is 3.71. The number of hydrogen-bond donors (Lipinski definition) is 0. The Morgan fingerprint density at radius 3 is 2.90 bits per heavy atom. The van der Waals surface area contributed by atoms with Crippen molar-refractivity contribution in [3.63, 3.8) is 0 Å². The number of hydrogen-bond acceptors (Lipinski definition) is 4. The van der Waals surface area contributed by atoms with Crippen LogP contribution in [0.4, 0.5) is 0 Å². The second kappa shape index (κ2) is 7.26. The monoisotopic (exact) mass is 294 g/mol. The summed E-state index contributed by atoms with van der Waals surface area (Å²) in [6, 6.07) is 3.61. The fourth-order valence-corrected chi connectivity index (χ4v) is 2.48. The molecule has 1 aliphatic rings. The first kappa shape index (κ1) is 15.6. The van der Waals surface area contributed by atoms with Crippen molar-refractivity contribution in [3.8, 4) is 0 Å². The molecule has 0 radical (unpaired) electrons. The lowest BCUT2D eigenvalue weighted by molar-refractivity contribution is -0.140. The third kappa shape index (κ3) is 4.07. The van der Waals surface area contributed by atoms with E-state index in [1.54, 1.807) is 15.5 Å². The fraction of sp³-hybridized carbons (Fsp3) is 0.600. The number of aryl methyl sites for hydroxylation is 1. The highest BCUT2D eigenvalue weighted by Gasteiger charge is 2.25. The van der Waals surface area contributed by atoms with Crippen molar-refractivity contribution >= 4 is 11.9 Å². The predicted octanol–water partition coefficient (Wildman–Crippen LogP) is 1.21. The number of methoxy groups -OCH3 is 1. The van der Waals surface area contributed by atoms with E-state index >= 15 is 0 Å². The van der Waals surface area contributed by atoms with Crippen LogP contribution in [0.3, 0.4) is 0 Å². The van der Waals surface area contributed by atoms with Gasteiger partial charge in [-0.3, -0.25) is 9.59 Å². The van der Waals surface area contributed by atoms with Gasteiger partial charge in [0, 0.05) is 32.9 Å². The first-order valence-electron chi connectivity index (χ1n) is 7.21. The van der Waals surface area contributed by atoms with Crippen LogP contribution in [0.15, 0.2) is 18.3 Å². The standard InChI is InChI=1S/C15H22N2O4/c1-16-8-3-6-13(16)15(19)17(9-7-14(18)20-2)11-12-5-4-10-21-12/h3,6,8,12H,4-5,7,9-11H2,1-2H3.